The second-order valence-corrected chi connectivity index (χ2v) is 4.25. The Morgan fingerprint density at radius 2 is 2.39 bits per heavy atom. The Morgan fingerprint density at radius 1 is 1.56 bits per heavy atom. The van der Waals surface area contributed by atoms with Crippen LogP contribution in [-0.4, -0.2) is 30.7 Å². The molecular weight excluding hydrogens is 230 g/mol. The molecule has 1 aromatic rings. The van der Waals surface area contributed by atoms with Gasteiger partial charge in [-0.15, -0.1) is 0 Å². The molecule has 0 radical (unpaired) electrons. The van der Waals surface area contributed by atoms with Crippen LogP contribution in [0.25, 0.3) is 0 Å². The fraction of sp³-hybridized carbons (Fsp3) is 0.385. The van der Waals surface area contributed by atoms with E-state index in [-0.39, 0.29) is 6.42 Å². The van der Waals surface area contributed by atoms with Crippen LogP contribution in [0.4, 0.5) is 11.4 Å². The van der Waals surface area contributed by atoms with E-state index in [1.54, 1.807) is 6.07 Å². The van der Waals surface area contributed by atoms with Gasteiger partial charge in [-0.3, -0.25) is 4.79 Å². The number of hydrogen-bond donors (Lipinski definition) is 2. The van der Waals surface area contributed by atoms with Crippen LogP contribution in [0.2, 0.25) is 0 Å². The Kier molecular flexibility index (Phi) is 3.68. The van der Waals surface area contributed by atoms with Crippen molar-refractivity contribution in [2.75, 3.05) is 29.9 Å². The van der Waals surface area contributed by atoms with Gasteiger partial charge >= 0.3 is 5.97 Å². The lowest BCUT2D eigenvalue weighted by Gasteiger charge is -2.32. The van der Waals surface area contributed by atoms with E-state index in [1.165, 1.54) is 0 Å². The Morgan fingerprint density at radius 3 is 3.11 bits per heavy atom. The highest BCUT2D eigenvalue weighted by Gasteiger charge is 2.16. The van der Waals surface area contributed by atoms with Gasteiger partial charge in [0, 0.05) is 26.1 Å². The summed E-state index contributed by atoms with van der Waals surface area (Å²) in [5, 5.41) is 20.7. The number of carbonyl (C=O) groups is 1. The van der Waals surface area contributed by atoms with E-state index in [1.807, 2.05) is 12.1 Å². The number of nitrogens with zero attached hydrogens (tertiary/aromatic N) is 2. The summed E-state index contributed by atoms with van der Waals surface area (Å²) in [5.41, 5.74) is 2.63. The van der Waals surface area contributed by atoms with Crippen molar-refractivity contribution >= 4 is 17.3 Å². The topological polar surface area (TPSA) is 76.4 Å². The fourth-order valence-electron chi connectivity index (χ4n) is 2.12. The minimum absolute atomic E-state index is 0.190. The van der Waals surface area contributed by atoms with Gasteiger partial charge in [0.05, 0.1) is 23.0 Å². The predicted octanol–water partition coefficient (Wildman–Crippen LogP) is 1.65. The zero-order valence-corrected chi connectivity index (χ0v) is 10.0. The summed E-state index contributed by atoms with van der Waals surface area (Å²) in [6.07, 6.45) is 0.824. The molecule has 0 unspecified atom stereocenters. The van der Waals surface area contributed by atoms with Crippen LogP contribution in [0.3, 0.4) is 0 Å². The summed E-state index contributed by atoms with van der Waals surface area (Å²) in [4.78, 5) is 12.7. The zero-order valence-electron chi connectivity index (χ0n) is 10.0. The van der Waals surface area contributed by atoms with Crippen molar-refractivity contribution in [3.8, 4) is 6.07 Å². The van der Waals surface area contributed by atoms with Crippen molar-refractivity contribution in [3.05, 3.63) is 23.8 Å². The van der Waals surface area contributed by atoms with Crippen molar-refractivity contribution in [1.29, 1.82) is 5.26 Å². The number of rotatable bonds is 4. The second kappa shape index (κ2) is 5.41. The average molecular weight is 245 g/mol. The number of fused-ring (bicyclic) bond motifs is 1. The van der Waals surface area contributed by atoms with Gasteiger partial charge in [0.25, 0.3) is 0 Å². The normalized spacial score (nSPS) is 13.4. The van der Waals surface area contributed by atoms with E-state index < -0.39 is 5.97 Å². The minimum Gasteiger partial charge on any atom is -0.481 e. The summed E-state index contributed by atoms with van der Waals surface area (Å²) < 4.78 is 0. The Labute approximate surface area is 106 Å². The van der Waals surface area contributed by atoms with Crippen LogP contribution in [0.15, 0.2) is 18.2 Å². The van der Waals surface area contributed by atoms with Crippen LogP contribution >= 0.6 is 0 Å². The lowest BCUT2D eigenvalue weighted by Crippen LogP contribution is -2.34. The molecule has 1 heterocycles. The van der Waals surface area contributed by atoms with Crippen LogP contribution in [-0.2, 0) is 4.79 Å². The highest BCUT2D eigenvalue weighted by molar-refractivity contribution is 5.74. The molecule has 0 spiro atoms. The van der Waals surface area contributed by atoms with E-state index >= 15 is 0 Å². The quantitative estimate of drug-likeness (QED) is 0.843. The number of benzene rings is 1. The summed E-state index contributed by atoms with van der Waals surface area (Å²) >= 11 is 0. The Hall–Kier alpha value is -2.22. The number of anilines is 2. The van der Waals surface area contributed by atoms with Crippen LogP contribution in [0.1, 0.15) is 18.4 Å². The predicted molar refractivity (Wildman–Crippen MR) is 68.7 cm³/mol. The zero-order chi connectivity index (χ0) is 13.0. The lowest BCUT2D eigenvalue weighted by molar-refractivity contribution is -0.137. The SMILES string of the molecule is N#Cc1ccc2c(c1)NCCN2CCCC(=O)O. The molecule has 94 valence electrons. The van der Waals surface area contributed by atoms with E-state index in [2.05, 4.69) is 16.3 Å². The number of hydrogen-bond acceptors (Lipinski definition) is 4. The first kappa shape index (κ1) is 12.2. The molecule has 2 rings (SSSR count). The summed E-state index contributed by atoms with van der Waals surface area (Å²) in [5.74, 6) is -0.759. The maximum absolute atomic E-state index is 10.5. The van der Waals surface area contributed by atoms with Crippen molar-refractivity contribution in [2.24, 2.45) is 0 Å². The molecule has 0 fully saturated rings. The standard InChI is InChI=1S/C13H15N3O2/c14-9-10-3-4-12-11(8-10)15-5-7-16(12)6-1-2-13(17)18/h3-4,8,15H,1-2,5-7H2,(H,17,18). The molecule has 0 aliphatic carbocycles. The molecule has 5 nitrogen and oxygen atoms in total. The number of nitriles is 1. The Bertz CT molecular complexity index is 493. The smallest absolute Gasteiger partial charge is 0.303 e. The molecule has 0 bridgehead atoms. The molecule has 1 aromatic carbocycles. The molecular formula is C13H15N3O2. The molecule has 1 aliphatic rings. The third-order valence-electron chi connectivity index (χ3n) is 2.98. The summed E-state index contributed by atoms with van der Waals surface area (Å²) in [6.45, 7) is 2.40. The van der Waals surface area contributed by atoms with Gasteiger partial charge < -0.3 is 15.3 Å². The second-order valence-electron chi connectivity index (χ2n) is 4.25. The third-order valence-corrected chi connectivity index (χ3v) is 2.98. The monoisotopic (exact) mass is 245 g/mol. The highest BCUT2D eigenvalue weighted by Crippen LogP contribution is 2.29. The number of carboxylic acids is 1. The molecule has 5 heteroatoms. The van der Waals surface area contributed by atoms with E-state index in [0.717, 1.165) is 31.0 Å². The molecule has 2 N–H and O–H groups in total. The number of aliphatic carboxylic acids is 1. The van der Waals surface area contributed by atoms with Crippen molar-refractivity contribution < 1.29 is 9.90 Å². The first-order valence-electron chi connectivity index (χ1n) is 5.95. The summed E-state index contributed by atoms with van der Waals surface area (Å²) in [6, 6.07) is 7.65. The molecule has 1 aliphatic heterocycles. The number of nitrogens with one attached hydrogen (secondary N) is 1. The first-order chi connectivity index (χ1) is 8.70. The van der Waals surface area contributed by atoms with Crippen molar-refractivity contribution in [2.45, 2.75) is 12.8 Å². The molecule has 0 saturated heterocycles. The maximum Gasteiger partial charge on any atom is 0.303 e. The maximum atomic E-state index is 10.5. The van der Waals surface area contributed by atoms with E-state index in [0.29, 0.717) is 12.0 Å². The first-order valence-corrected chi connectivity index (χ1v) is 5.95. The molecule has 18 heavy (non-hydrogen) atoms. The van der Waals surface area contributed by atoms with Crippen molar-refractivity contribution in [1.82, 2.24) is 0 Å². The molecule has 0 aromatic heterocycles. The number of carboxylic acid groups (broad SMARTS) is 1. The van der Waals surface area contributed by atoms with E-state index in [9.17, 15) is 4.79 Å². The van der Waals surface area contributed by atoms with Crippen molar-refractivity contribution in [3.63, 3.8) is 0 Å². The molecule has 0 atom stereocenters. The highest BCUT2D eigenvalue weighted by atomic mass is 16.4. The summed E-state index contributed by atoms with van der Waals surface area (Å²) in [7, 11) is 0. The third kappa shape index (κ3) is 2.72. The van der Waals surface area contributed by atoms with Gasteiger partial charge in [-0.25, -0.2) is 0 Å². The Balaban J connectivity index is 2.08. The average Bonchev–Trinajstić information content (AvgIpc) is 2.38. The van der Waals surface area contributed by atoms with Gasteiger partial charge in [0.2, 0.25) is 0 Å². The van der Waals surface area contributed by atoms with Crippen LogP contribution in [0, 0.1) is 11.3 Å². The lowest BCUT2D eigenvalue weighted by atomic mass is 10.1. The van der Waals surface area contributed by atoms with Crippen LogP contribution in [0.5, 0.6) is 0 Å². The fourth-order valence-corrected chi connectivity index (χ4v) is 2.12. The van der Waals surface area contributed by atoms with E-state index in [4.69, 9.17) is 10.4 Å². The van der Waals surface area contributed by atoms with Crippen LogP contribution < -0.4 is 10.2 Å². The minimum atomic E-state index is -0.759. The largest absolute Gasteiger partial charge is 0.481 e. The molecule has 0 saturated carbocycles. The van der Waals surface area contributed by atoms with Gasteiger partial charge in [-0.2, -0.15) is 5.26 Å². The van der Waals surface area contributed by atoms with Gasteiger partial charge in [-0.05, 0) is 24.6 Å². The van der Waals surface area contributed by atoms with Gasteiger partial charge in [0.1, 0.15) is 0 Å². The van der Waals surface area contributed by atoms with Gasteiger partial charge in [-0.1, -0.05) is 0 Å². The van der Waals surface area contributed by atoms with Gasteiger partial charge in [0.15, 0.2) is 0 Å². The molecule has 0 amide bonds.